The molecule has 4 rings (SSSR count). The molecule has 1 fully saturated rings. The summed E-state index contributed by atoms with van der Waals surface area (Å²) in [4.78, 5) is 20.4. The Kier molecular flexibility index (Phi) is 4.84. The SMILES string of the molecule is Cc1cc(C(=O)N2CCCC([C@@H]3C[C@H](C(F)(F)F)n4ncnc4N3)C2)sc1C. The number of aryl methyl sites for hydroxylation is 2. The van der Waals surface area contributed by atoms with Crippen molar-refractivity contribution in [3.63, 3.8) is 0 Å². The lowest BCUT2D eigenvalue weighted by atomic mass is 9.86. The molecule has 2 aliphatic rings. The summed E-state index contributed by atoms with van der Waals surface area (Å²) in [6, 6.07) is -0.192. The van der Waals surface area contributed by atoms with E-state index >= 15 is 0 Å². The highest BCUT2D eigenvalue weighted by atomic mass is 32.1. The largest absolute Gasteiger partial charge is 0.411 e. The number of hydrogen-bond donors (Lipinski definition) is 1. The van der Waals surface area contributed by atoms with Crippen molar-refractivity contribution in [2.24, 2.45) is 5.92 Å². The van der Waals surface area contributed by atoms with E-state index in [0.29, 0.717) is 18.0 Å². The fourth-order valence-electron chi connectivity index (χ4n) is 4.09. The zero-order valence-electron chi connectivity index (χ0n) is 15.7. The second-order valence-electron chi connectivity index (χ2n) is 7.58. The van der Waals surface area contributed by atoms with Crippen LogP contribution in [0, 0.1) is 19.8 Å². The van der Waals surface area contributed by atoms with Gasteiger partial charge in [0.2, 0.25) is 5.95 Å². The van der Waals surface area contributed by atoms with Crippen molar-refractivity contribution in [1.29, 1.82) is 0 Å². The molecule has 4 heterocycles. The molecule has 2 aromatic rings. The molecule has 152 valence electrons. The number of carbonyl (C=O) groups excluding carboxylic acids is 1. The fraction of sp³-hybridized carbons (Fsp3) is 0.611. The molecular formula is C18H22F3N5OS. The first-order valence-corrected chi connectivity index (χ1v) is 10.1. The first-order chi connectivity index (χ1) is 13.2. The average Bonchev–Trinajstić information content (AvgIpc) is 3.26. The second kappa shape index (κ2) is 7.06. The molecule has 0 spiro atoms. The highest BCUT2D eigenvalue weighted by molar-refractivity contribution is 7.14. The number of anilines is 1. The van der Waals surface area contributed by atoms with Crippen LogP contribution in [0.25, 0.3) is 0 Å². The molecule has 1 unspecified atom stereocenters. The van der Waals surface area contributed by atoms with Crippen LogP contribution in [0.15, 0.2) is 12.4 Å². The normalized spacial score (nSPS) is 25.3. The maximum Gasteiger partial charge on any atom is 0.411 e. The number of thiophene rings is 1. The predicted molar refractivity (Wildman–Crippen MR) is 99.6 cm³/mol. The number of halogens is 3. The van der Waals surface area contributed by atoms with Crippen LogP contribution in [-0.2, 0) is 0 Å². The maximum absolute atomic E-state index is 13.5. The molecule has 0 aromatic carbocycles. The summed E-state index contributed by atoms with van der Waals surface area (Å²) in [7, 11) is 0. The summed E-state index contributed by atoms with van der Waals surface area (Å²) in [5.74, 6) is 0.0546. The van der Waals surface area contributed by atoms with Crippen molar-refractivity contribution < 1.29 is 18.0 Å². The maximum atomic E-state index is 13.5. The number of nitrogens with one attached hydrogen (secondary N) is 1. The third-order valence-electron chi connectivity index (χ3n) is 5.73. The van der Waals surface area contributed by atoms with Crippen molar-refractivity contribution >= 4 is 23.2 Å². The minimum absolute atomic E-state index is 0.0303. The quantitative estimate of drug-likeness (QED) is 0.814. The van der Waals surface area contributed by atoms with E-state index in [9.17, 15) is 18.0 Å². The molecule has 3 atom stereocenters. The molecule has 0 bridgehead atoms. The zero-order chi connectivity index (χ0) is 20.1. The Hall–Kier alpha value is -2.10. The van der Waals surface area contributed by atoms with Crippen molar-refractivity contribution in [3.05, 3.63) is 27.7 Å². The van der Waals surface area contributed by atoms with E-state index in [1.807, 2.05) is 19.9 Å². The molecule has 2 aromatic heterocycles. The lowest BCUT2D eigenvalue weighted by molar-refractivity contribution is -0.174. The number of hydrogen-bond acceptors (Lipinski definition) is 5. The first-order valence-electron chi connectivity index (χ1n) is 9.33. The Bertz CT molecular complexity index is 857. The van der Waals surface area contributed by atoms with Gasteiger partial charge in [0.15, 0.2) is 6.04 Å². The van der Waals surface area contributed by atoms with Gasteiger partial charge in [-0.3, -0.25) is 4.79 Å². The van der Waals surface area contributed by atoms with Crippen LogP contribution in [0.1, 0.15) is 45.4 Å². The average molecular weight is 413 g/mol. The molecule has 1 N–H and O–H groups in total. The topological polar surface area (TPSA) is 63.1 Å². The van der Waals surface area contributed by atoms with Gasteiger partial charge in [0, 0.05) is 24.0 Å². The van der Waals surface area contributed by atoms with Crippen molar-refractivity contribution in [1.82, 2.24) is 19.7 Å². The molecule has 0 aliphatic carbocycles. The number of likely N-dealkylation sites (tertiary alicyclic amines) is 1. The monoisotopic (exact) mass is 413 g/mol. The number of piperidine rings is 1. The van der Waals surface area contributed by atoms with E-state index in [1.165, 1.54) is 11.3 Å². The van der Waals surface area contributed by atoms with Gasteiger partial charge in [-0.25, -0.2) is 4.68 Å². The van der Waals surface area contributed by atoms with Crippen LogP contribution in [0.2, 0.25) is 0 Å². The van der Waals surface area contributed by atoms with E-state index < -0.39 is 18.3 Å². The van der Waals surface area contributed by atoms with Gasteiger partial charge in [0.25, 0.3) is 5.91 Å². The number of amides is 1. The number of rotatable bonds is 2. The number of fused-ring (bicyclic) bond motifs is 1. The van der Waals surface area contributed by atoms with Crippen LogP contribution < -0.4 is 5.32 Å². The van der Waals surface area contributed by atoms with Crippen LogP contribution in [0.3, 0.4) is 0 Å². The lowest BCUT2D eigenvalue weighted by Gasteiger charge is -2.41. The Morgan fingerprint density at radius 3 is 2.82 bits per heavy atom. The third-order valence-corrected chi connectivity index (χ3v) is 6.87. The Balaban J connectivity index is 1.51. The van der Waals surface area contributed by atoms with Gasteiger partial charge in [-0.15, -0.1) is 11.3 Å². The Morgan fingerprint density at radius 1 is 1.36 bits per heavy atom. The molecule has 1 saturated heterocycles. The van der Waals surface area contributed by atoms with E-state index in [2.05, 4.69) is 15.4 Å². The zero-order valence-corrected chi connectivity index (χ0v) is 16.5. The van der Waals surface area contributed by atoms with E-state index in [1.54, 1.807) is 4.90 Å². The van der Waals surface area contributed by atoms with Gasteiger partial charge in [-0.1, -0.05) is 0 Å². The van der Waals surface area contributed by atoms with Crippen LogP contribution in [0.5, 0.6) is 0 Å². The van der Waals surface area contributed by atoms with E-state index in [-0.39, 0.29) is 24.2 Å². The lowest BCUT2D eigenvalue weighted by Crippen LogP contribution is -2.49. The molecule has 1 amide bonds. The number of carbonyl (C=O) groups is 1. The van der Waals surface area contributed by atoms with E-state index in [4.69, 9.17) is 0 Å². The summed E-state index contributed by atoms with van der Waals surface area (Å²) in [6.45, 7) is 5.04. The van der Waals surface area contributed by atoms with Crippen molar-refractivity contribution in [2.45, 2.75) is 51.4 Å². The molecule has 0 radical (unpaired) electrons. The molecule has 10 heteroatoms. The summed E-state index contributed by atoms with van der Waals surface area (Å²) in [5.41, 5.74) is 1.09. The standard InChI is InChI=1S/C18H22F3N5OS/c1-10-6-14(28-11(10)2)16(27)25-5-3-4-12(8-25)13-7-15(18(19,20)21)26-17(24-13)22-9-23-26/h6,9,12-13,15H,3-5,7-8H2,1-2H3,(H,22,23,24)/t12?,13-,15+/m0/s1. The van der Waals surface area contributed by atoms with Crippen molar-refractivity contribution in [3.8, 4) is 0 Å². The van der Waals surface area contributed by atoms with Crippen molar-refractivity contribution in [2.75, 3.05) is 18.4 Å². The number of aromatic nitrogens is 3. The molecule has 0 saturated carbocycles. The van der Waals surface area contributed by atoms with Gasteiger partial charge < -0.3 is 10.2 Å². The first kappa shape index (κ1) is 19.2. The number of nitrogens with zero attached hydrogens (tertiary/aromatic N) is 4. The molecule has 28 heavy (non-hydrogen) atoms. The summed E-state index contributed by atoms with van der Waals surface area (Å²) in [6.07, 6.45) is -1.80. The second-order valence-corrected chi connectivity index (χ2v) is 8.83. The minimum Gasteiger partial charge on any atom is -0.351 e. The minimum atomic E-state index is -4.39. The highest BCUT2D eigenvalue weighted by Crippen LogP contribution is 2.41. The summed E-state index contributed by atoms with van der Waals surface area (Å²) >= 11 is 1.47. The Morgan fingerprint density at radius 2 is 2.14 bits per heavy atom. The summed E-state index contributed by atoms with van der Waals surface area (Å²) in [5, 5.41) is 6.85. The molecule has 2 aliphatic heterocycles. The van der Waals surface area contributed by atoms with Gasteiger partial charge in [0.05, 0.1) is 4.88 Å². The van der Waals surface area contributed by atoms with Gasteiger partial charge in [0.1, 0.15) is 6.33 Å². The fourth-order valence-corrected chi connectivity index (χ4v) is 5.09. The predicted octanol–water partition coefficient (Wildman–Crippen LogP) is 3.80. The third kappa shape index (κ3) is 3.49. The van der Waals surface area contributed by atoms with Crippen LogP contribution >= 0.6 is 11.3 Å². The van der Waals surface area contributed by atoms with Gasteiger partial charge in [-0.05, 0) is 50.7 Å². The smallest absolute Gasteiger partial charge is 0.351 e. The highest BCUT2D eigenvalue weighted by Gasteiger charge is 2.48. The van der Waals surface area contributed by atoms with E-state index in [0.717, 1.165) is 34.3 Å². The van der Waals surface area contributed by atoms with Gasteiger partial charge >= 0.3 is 6.18 Å². The Labute approximate surface area is 164 Å². The van der Waals surface area contributed by atoms with Crippen LogP contribution in [0.4, 0.5) is 19.1 Å². The molecular weight excluding hydrogens is 391 g/mol. The molecule has 6 nitrogen and oxygen atoms in total. The van der Waals surface area contributed by atoms with Crippen LogP contribution in [-0.4, -0.2) is 50.9 Å². The summed E-state index contributed by atoms with van der Waals surface area (Å²) < 4.78 is 41.5. The number of alkyl halides is 3. The van der Waals surface area contributed by atoms with Gasteiger partial charge in [-0.2, -0.15) is 23.3 Å².